The molecule has 0 saturated heterocycles. The Morgan fingerprint density at radius 1 is 0.609 bits per heavy atom. The Morgan fingerprint density at radius 3 is 2.20 bits per heavy atom. The van der Waals surface area contributed by atoms with E-state index in [1.165, 1.54) is 27.8 Å². The number of hydrogen-bond donors (Lipinski definition) is 0. The Morgan fingerprint density at radius 2 is 1.41 bits per heavy atom. The Balaban J connectivity index is 0.000000160. The molecule has 0 bridgehead atoms. The van der Waals surface area contributed by atoms with Crippen LogP contribution in [0.3, 0.4) is 0 Å². The number of fused-ring (bicyclic) bond motifs is 5. The minimum absolute atomic E-state index is 0. The molecule has 4 aromatic carbocycles. The van der Waals surface area contributed by atoms with Gasteiger partial charge in [0.05, 0.1) is 5.58 Å². The number of aromatic nitrogens is 3. The second kappa shape index (κ2) is 13.2. The number of benzene rings is 4. The number of furan rings is 1. The maximum absolute atomic E-state index is 6.28. The molecule has 46 heavy (non-hydrogen) atoms. The van der Waals surface area contributed by atoms with Crippen LogP contribution in [-0.4, -0.2) is 15.0 Å². The smallest absolute Gasteiger partial charge is 0.130 e. The summed E-state index contributed by atoms with van der Waals surface area (Å²) in [6.45, 7) is 8.32. The summed E-state index contributed by atoms with van der Waals surface area (Å²) in [4.78, 5) is 13.4. The fourth-order valence-corrected chi connectivity index (χ4v) is 5.64. The number of aryl methyl sites for hydroxylation is 4. The first-order valence-corrected chi connectivity index (χ1v) is 15.0. The summed E-state index contributed by atoms with van der Waals surface area (Å²) >= 11 is 0. The van der Waals surface area contributed by atoms with Crippen molar-refractivity contribution < 1.29 is 24.5 Å². The van der Waals surface area contributed by atoms with Gasteiger partial charge in [-0.25, -0.2) is 0 Å². The Labute approximate surface area is 282 Å². The Bertz CT molecular complexity index is 2310. The van der Waals surface area contributed by atoms with E-state index >= 15 is 0 Å². The van der Waals surface area contributed by atoms with Gasteiger partial charge in [-0.1, -0.05) is 89.7 Å². The zero-order chi connectivity index (χ0) is 30.9. The minimum atomic E-state index is 0. The van der Waals surface area contributed by atoms with E-state index in [4.69, 9.17) is 4.42 Å². The van der Waals surface area contributed by atoms with E-state index < -0.39 is 0 Å². The molecule has 0 amide bonds. The molecule has 0 N–H and O–H groups in total. The molecule has 4 aromatic heterocycles. The average molecular weight is 774 g/mol. The van der Waals surface area contributed by atoms with Gasteiger partial charge in [0.25, 0.3) is 0 Å². The normalized spacial score (nSPS) is 10.9. The van der Waals surface area contributed by atoms with Crippen molar-refractivity contribution in [3.05, 3.63) is 150 Å². The molecule has 227 valence electrons. The molecule has 0 unspecified atom stereocenters. The minimum Gasteiger partial charge on any atom is -0.500 e. The van der Waals surface area contributed by atoms with Crippen LogP contribution in [0.25, 0.3) is 66.4 Å². The van der Waals surface area contributed by atoms with Crippen LogP contribution in [0.1, 0.15) is 22.4 Å². The van der Waals surface area contributed by atoms with Gasteiger partial charge in [-0.3, -0.25) is 4.98 Å². The largest absolute Gasteiger partial charge is 0.500 e. The van der Waals surface area contributed by atoms with Crippen LogP contribution >= 0.6 is 0 Å². The molecular weight excluding hydrogens is 743 g/mol. The topological polar surface area (TPSA) is 51.8 Å². The second-order valence-corrected chi connectivity index (χ2v) is 11.4. The summed E-state index contributed by atoms with van der Waals surface area (Å²) in [5.74, 6) is 0. The van der Waals surface area contributed by atoms with Gasteiger partial charge in [-0.2, -0.15) is 0 Å². The fraction of sp³-hybridized carbons (Fsp3) is 0.0976. The Kier molecular flexibility index (Phi) is 8.89. The zero-order valence-corrected chi connectivity index (χ0v) is 28.4. The molecule has 4 nitrogen and oxygen atoms in total. The van der Waals surface area contributed by atoms with Crippen LogP contribution in [0.4, 0.5) is 0 Å². The number of rotatable bonds is 3. The van der Waals surface area contributed by atoms with Crippen LogP contribution < -0.4 is 0 Å². The second-order valence-electron chi connectivity index (χ2n) is 11.4. The van der Waals surface area contributed by atoms with Crippen molar-refractivity contribution >= 4 is 32.7 Å². The maximum atomic E-state index is 6.28. The van der Waals surface area contributed by atoms with E-state index in [-0.39, 0.29) is 20.1 Å². The average Bonchev–Trinajstić information content (AvgIpc) is 3.46. The van der Waals surface area contributed by atoms with Crippen LogP contribution in [0.2, 0.25) is 0 Å². The maximum Gasteiger partial charge on any atom is 0.130 e. The third-order valence-corrected chi connectivity index (χ3v) is 8.25. The van der Waals surface area contributed by atoms with Gasteiger partial charge in [0.15, 0.2) is 0 Å². The summed E-state index contributed by atoms with van der Waals surface area (Å²) in [6, 6.07) is 39.6. The van der Waals surface area contributed by atoms with E-state index in [1.54, 1.807) is 6.20 Å². The molecular formula is C41H31IrN3O-2. The van der Waals surface area contributed by atoms with Crippen molar-refractivity contribution in [2.45, 2.75) is 27.7 Å². The summed E-state index contributed by atoms with van der Waals surface area (Å²) in [5, 5.41) is 4.33. The van der Waals surface area contributed by atoms with E-state index in [0.717, 1.165) is 60.9 Å². The van der Waals surface area contributed by atoms with Gasteiger partial charge >= 0.3 is 0 Å². The first-order valence-electron chi connectivity index (χ1n) is 15.0. The monoisotopic (exact) mass is 774 g/mol. The third-order valence-electron chi connectivity index (χ3n) is 8.25. The molecule has 0 aliphatic rings. The third kappa shape index (κ3) is 6.00. The molecule has 0 atom stereocenters. The predicted molar refractivity (Wildman–Crippen MR) is 184 cm³/mol. The predicted octanol–water partition coefficient (Wildman–Crippen LogP) is 10.4. The molecule has 0 saturated carbocycles. The molecule has 0 aliphatic heterocycles. The van der Waals surface area contributed by atoms with Crippen molar-refractivity contribution in [3.63, 3.8) is 0 Å². The quantitative estimate of drug-likeness (QED) is 0.168. The summed E-state index contributed by atoms with van der Waals surface area (Å²) in [6.07, 6.45) is 5.60. The number of nitrogens with zero attached hydrogens (tertiary/aromatic N) is 3. The molecule has 0 fully saturated rings. The van der Waals surface area contributed by atoms with Crippen LogP contribution in [0.15, 0.2) is 120 Å². The van der Waals surface area contributed by atoms with E-state index in [2.05, 4.69) is 109 Å². The van der Waals surface area contributed by atoms with Crippen molar-refractivity contribution in [2.24, 2.45) is 0 Å². The van der Waals surface area contributed by atoms with E-state index in [9.17, 15) is 0 Å². The van der Waals surface area contributed by atoms with Crippen LogP contribution in [0.5, 0.6) is 0 Å². The van der Waals surface area contributed by atoms with Gasteiger partial charge in [0.2, 0.25) is 0 Å². The standard InChI is InChI=1S/C21H13N2O.C20H18N.Ir/c1-13-11-14-8-9-16-15-5-4-6-17(19-7-2-3-10-22-19)20(15)24-21(16)18(14)12-23-13;1-14-9-10-18(20-11-15(2)16(3)13-21-20)12-19(14)17-7-5-4-6-8-17;/h2-5,7-12H,1H3;4-9,11-13H,1-3H3;/q2*-1;. The number of hydrogen-bond acceptors (Lipinski definition) is 4. The van der Waals surface area contributed by atoms with Gasteiger partial charge < -0.3 is 14.4 Å². The molecule has 5 heteroatoms. The van der Waals surface area contributed by atoms with Gasteiger partial charge in [-0.05, 0) is 60.8 Å². The van der Waals surface area contributed by atoms with E-state index in [1.807, 2.05) is 55.7 Å². The summed E-state index contributed by atoms with van der Waals surface area (Å²) in [7, 11) is 0. The zero-order valence-electron chi connectivity index (χ0n) is 26.1. The number of pyridine rings is 3. The van der Waals surface area contributed by atoms with Crippen molar-refractivity contribution in [2.75, 3.05) is 0 Å². The SMILES string of the molecule is Cc1cc2ccc3c4cc[c-]c(-c5ccccn5)c4oc3c2cn1.Cc1cnc(-c2[c-]cc(C)c(-c3ccccc3)c2)cc1C.[Ir]. The first-order chi connectivity index (χ1) is 22.0. The van der Waals surface area contributed by atoms with Gasteiger partial charge in [0, 0.05) is 55.2 Å². The molecule has 1 radical (unpaired) electrons. The molecule has 0 spiro atoms. The molecule has 4 heterocycles. The van der Waals surface area contributed by atoms with Gasteiger partial charge in [0.1, 0.15) is 5.58 Å². The van der Waals surface area contributed by atoms with Crippen LogP contribution in [0, 0.1) is 39.8 Å². The van der Waals surface area contributed by atoms with E-state index in [0.29, 0.717) is 0 Å². The summed E-state index contributed by atoms with van der Waals surface area (Å²) in [5.41, 5.74) is 12.6. The molecule has 0 aliphatic carbocycles. The fourth-order valence-electron chi connectivity index (χ4n) is 5.64. The first kappa shape index (κ1) is 31.0. The van der Waals surface area contributed by atoms with Crippen molar-refractivity contribution in [3.8, 4) is 33.6 Å². The summed E-state index contributed by atoms with van der Waals surface area (Å²) < 4.78 is 6.28. The van der Waals surface area contributed by atoms with Crippen molar-refractivity contribution in [1.82, 2.24) is 15.0 Å². The Hall–Kier alpha value is -4.96. The van der Waals surface area contributed by atoms with Crippen molar-refractivity contribution in [1.29, 1.82) is 0 Å². The molecule has 8 aromatic rings. The van der Waals surface area contributed by atoms with Gasteiger partial charge in [-0.15, -0.1) is 47.5 Å². The molecule has 8 rings (SSSR count). The van der Waals surface area contributed by atoms with Crippen LogP contribution in [-0.2, 0) is 20.1 Å².